The van der Waals surface area contributed by atoms with E-state index in [1.165, 1.54) is 26.2 Å². The van der Waals surface area contributed by atoms with Crippen molar-refractivity contribution >= 4 is 58.0 Å². The van der Waals surface area contributed by atoms with Gasteiger partial charge in [0.25, 0.3) is 11.8 Å². The second-order valence-electron chi connectivity index (χ2n) is 7.78. The maximum absolute atomic E-state index is 12.2. The summed E-state index contributed by atoms with van der Waals surface area (Å²) in [6.45, 7) is 2.78. The highest BCUT2D eigenvalue weighted by molar-refractivity contribution is 6.12. The number of nitrogens with zero attached hydrogens (tertiary/aromatic N) is 3. The van der Waals surface area contributed by atoms with Crippen LogP contribution >= 0.6 is 0 Å². The van der Waals surface area contributed by atoms with Crippen LogP contribution in [0.4, 0.5) is 9.59 Å². The molecule has 0 spiro atoms. The lowest BCUT2D eigenvalue weighted by molar-refractivity contribution is -0.123. The topological polar surface area (TPSA) is 98.2 Å². The molecule has 3 aromatic rings. The Morgan fingerprint density at radius 1 is 0.727 bits per heavy atom. The van der Waals surface area contributed by atoms with Gasteiger partial charge in [-0.05, 0) is 54.5 Å². The van der Waals surface area contributed by atoms with Crippen LogP contribution in [-0.4, -0.2) is 52.5 Å². The Morgan fingerprint density at radius 2 is 1.15 bits per heavy atom. The summed E-state index contributed by atoms with van der Waals surface area (Å²) in [5.74, 6) is -1.05. The fraction of sp³-hybridized carbons (Fsp3) is 0.167. The number of hydrogen-bond acceptors (Lipinski definition) is 6. The number of carbonyl (C=O) groups is 4. The van der Waals surface area contributed by atoms with Crippen molar-refractivity contribution in [3.63, 3.8) is 0 Å². The van der Waals surface area contributed by atoms with E-state index in [0.717, 1.165) is 38.2 Å². The molecule has 2 aromatic carbocycles. The number of amides is 4. The number of ether oxygens (including phenoxy) is 2. The van der Waals surface area contributed by atoms with Gasteiger partial charge in [0.05, 0.1) is 0 Å². The number of imide groups is 2. The van der Waals surface area contributed by atoms with Gasteiger partial charge in [0.15, 0.2) is 11.5 Å². The third kappa shape index (κ3) is 3.16. The van der Waals surface area contributed by atoms with Gasteiger partial charge in [-0.1, -0.05) is 12.1 Å². The zero-order valence-corrected chi connectivity index (χ0v) is 18.1. The number of carbonyl (C=O) groups excluding carboxylic acids is 4. The number of fused-ring (bicyclic) bond motifs is 3. The van der Waals surface area contributed by atoms with Gasteiger partial charge < -0.3 is 14.0 Å². The molecule has 3 heterocycles. The summed E-state index contributed by atoms with van der Waals surface area (Å²) in [6.07, 6.45) is 1.66. The van der Waals surface area contributed by atoms with Gasteiger partial charge in [-0.25, -0.2) is 19.4 Å². The van der Waals surface area contributed by atoms with Crippen LogP contribution in [0.3, 0.4) is 0 Å². The molecule has 33 heavy (non-hydrogen) atoms. The lowest BCUT2D eigenvalue weighted by Gasteiger charge is -2.03. The Morgan fingerprint density at radius 3 is 1.48 bits per heavy atom. The zero-order valence-electron chi connectivity index (χ0n) is 18.1. The van der Waals surface area contributed by atoms with E-state index in [9.17, 15) is 19.2 Å². The molecule has 0 unspecified atom stereocenters. The van der Waals surface area contributed by atoms with Crippen molar-refractivity contribution in [1.29, 1.82) is 0 Å². The normalized spacial score (nSPS) is 19.0. The van der Waals surface area contributed by atoms with Crippen LogP contribution in [0.1, 0.15) is 18.1 Å². The fourth-order valence-corrected chi connectivity index (χ4v) is 4.05. The van der Waals surface area contributed by atoms with Crippen molar-refractivity contribution in [1.82, 2.24) is 14.4 Å². The molecule has 166 valence electrons. The number of cyclic esters (lactones) is 2. The first-order valence-corrected chi connectivity index (χ1v) is 10.3. The molecule has 9 nitrogen and oxygen atoms in total. The summed E-state index contributed by atoms with van der Waals surface area (Å²) in [4.78, 5) is 49.4. The minimum atomic E-state index is -0.708. The maximum Gasteiger partial charge on any atom is 0.422 e. The monoisotopic (exact) mass is 445 g/mol. The van der Waals surface area contributed by atoms with Crippen molar-refractivity contribution < 1.29 is 28.7 Å². The maximum atomic E-state index is 12.2. The highest BCUT2D eigenvalue weighted by atomic mass is 16.6. The zero-order chi connectivity index (χ0) is 23.4. The van der Waals surface area contributed by atoms with Gasteiger partial charge in [0.2, 0.25) is 0 Å². The predicted molar refractivity (Wildman–Crippen MR) is 120 cm³/mol. The van der Waals surface area contributed by atoms with Gasteiger partial charge >= 0.3 is 12.2 Å². The van der Waals surface area contributed by atoms with Crippen molar-refractivity contribution in [2.45, 2.75) is 13.5 Å². The Bertz CT molecular complexity index is 1350. The first-order chi connectivity index (χ1) is 15.8. The number of aryl methyl sites for hydroxylation is 1. The number of benzene rings is 2. The van der Waals surface area contributed by atoms with Crippen LogP contribution in [0.25, 0.3) is 34.0 Å². The summed E-state index contributed by atoms with van der Waals surface area (Å²) in [5.41, 5.74) is 3.40. The van der Waals surface area contributed by atoms with E-state index in [1.807, 2.05) is 43.3 Å². The van der Waals surface area contributed by atoms with Crippen molar-refractivity contribution in [3.05, 3.63) is 59.0 Å². The number of rotatable bonds is 3. The second kappa shape index (κ2) is 7.33. The highest BCUT2D eigenvalue weighted by Gasteiger charge is 2.34. The number of hydrogen-bond donors (Lipinski definition) is 0. The average molecular weight is 445 g/mol. The number of likely N-dealkylation sites (N-methyl/N-ethyl adjacent to an activating group) is 2. The van der Waals surface area contributed by atoms with Crippen LogP contribution < -0.4 is 0 Å². The highest BCUT2D eigenvalue weighted by Crippen LogP contribution is 2.32. The van der Waals surface area contributed by atoms with E-state index in [0.29, 0.717) is 11.1 Å². The molecule has 2 fully saturated rings. The first kappa shape index (κ1) is 20.5. The molecular formula is C24H19N3O6. The number of aromatic nitrogens is 1. The Balaban J connectivity index is 1.63. The van der Waals surface area contributed by atoms with Crippen molar-refractivity contribution in [2.24, 2.45) is 0 Å². The largest absolute Gasteiger partial charge is 0.422 e. The van der Waals surface area contributed by atoms with Gasteiger partial charge in [-0.15, -0.1) is 0 Å². The summed E-state index contributed by atoms with van der Waals surface area (Å²) in [7, 11) is 2.73. The van der Waals surface area contributed by atoms with E-state index in [-0.39, 0.29) is 11.5 Å². The van der Waals surface area contributed by atoms with Gasteiger partial charge in [0, 0.05) is 42.4 Å². The van der Waals surface area contributed by atoms with E-state index in [1.54, 1.807) is 0 Å². The van der Waals surface area contributed by atoms with Crippen LogP contribution in [0.5, 0.6) is 0 Å². The van der Waals surface area contributed by atoms with Crippen LogP contribution in [0, 0.1) is 0 Å². The van der Waals surface area contributed by atoms with E-state index in [2.05, 4.69) is 4.57 Å². The third-order valence-corrected chi connectivity index (χ3v) is 5.80. The van der Waals surface area contributed by atoms with E-state index >= 15 is 0 Å². The van der Waals surface area contributed by atoms with Crippen LogP contribution in [0.15, 0.2) is 47.9 Å². The van der Waals surface area contributed by atoms with Crippen molar-refractivity contribution in [3.8, 4) is 0 Å². The quantitative estimate of drug-likeness (QED) is 0.570. The van der Waals surface area contributed by atoms with E-state index < -0.39 is 24.0 Å². The Hall–Kier alpha value is -4.40. The molecular weight excluding hydrogens is 426 g/mol. The second-order valence-corrected chi connectivity index (χ2v) is 7.78. The molecule has 0 aliphatic carbocycles. The molecule has 2 saturated heterocycles. The Kier molecular flexibility index (Phi) is 4.56. The smallest absolute Gasteiger partial charge is 0.404 e. The molecule has 0 bridgehead atoms. The first-order valence-electron chi connectivity index (χ1n) is 10.3. The van der Waals surface area contributed by atoms with Gasteiger partial charge in [-0.3, -0.25) is 9.59 Å². The molecule has 0 saturated carbocycles. The summed E-state index contributed by atoms with van der Waals surface area (Å²) in [6, 6.07) is 11.4. The molecule has 5 rings (SSSR count). The third-order valence-electron chi connectivity index (χ3n) is 5.80. The lowest BCUT2D eigenvalue weighted by Crippen LogP contribution is -2.23. The lowest BCUT2D eigenvalue weighted by atomic mass is 10.1. The van der Waals surface area contributed by atoms with Crippen LogP contribution in [-0.2, 0) is 25.6 Å². The SMILES string of the molecule is CCn1c2ccc(/C=C3/OC(=O)N(C)C3=O)cc2c2cc(/C=C3/OC(=O)N(C)C3=O)ccc21. The summed E-state index contributed by atoms with van der Waals surface area (Å²) >= 11 is 0. The predicted octanol–water partition coefficient (Wildman–Crippen LogP) is 3.71. The molecule has 0 radical (unpaired) electrons. The standard InChI is InChI=1S/C24H19N3O6/c1-4-27-17-7-5-13(11-19-21(28)25(2)23(30)32-19)9-15(17)16-10-14(6-8-18(16)27)12-20-22(29)26(3)24(31)33-20/h5-12H,4H2,1-3H3/b19-11+,20-12+. The molecule has 0 atom stereocenters. The molecule has 0 N–H and O–H groups in total. The van der Waals surface area contributed by atoms with Gasteiger partial charge in [0.1, 0.15) is 0 Å². The van der Waals surface area contributed by atoms with Gasteiger partial charge in [-0.2, -0.15) is 0 Å². The molecule has 2 aliphatic rings. The average Bonchev–Trinajstić information content (AvgIpc) is 3.34. The molecule has 4 amide bonds. The summed E-state index contributed by atoms with van der Waals surface area (Å²) in [5, 5.41) is 1.86. The minimum Gasteiger partial charge on any atom is -0.404 e. The molecule has 1 aromatic heterocycles. The summed E-state index contributed by atoms with van der Waals surface area (Å²) < 4.78 is 12.2. The molecule has 9 heteroatoms. The molecule has 2 aliphatic heterocycles. The van der Waals surface area contributed by atoms with E-state index in [4.69, 9.17) is 9.47 Å². The Labute approximate surface area is 188 Å². The van der Waals surface area contributed by atoms with Crippen LogP contribution in [0.2, 0.25) is 0 Å². The fourth-order valence-electron chi connectivity index (χ4n) is 4.05. The van der Waals surface area contributed by atoms with Crippen molar-refractivity contribution in [2.75, 3.05) is 14.1 Å². The minimum absolute atomic E-state index is 0.0304.